The van der Waals surface area contributed by atoms with Crippen LogP contribution >= 0.6 is 0 Å². The summed E-state index contributed by atoms with van der Waals surface area (Å²) in [5, 5.41) is 0. The van der Waals surface area contributed by atoms with Gasteiger partial charge in [0.2, 0.25) is 0 Å². The van der Waals surface area contributed by atoms with E-state index < -0.39 is 0 Å². The highest BCUT2D eigenvalue weighted by Gasteiger charge is 2.18. The lowest BCUT2D eigenvalue weighted by molar-refractivity contribution is 0.0983. The van der Waals surface area contributed by atoms with E-state index in [1.807, 2.05) is 49.4 Å². The number of carbonyl (C=O) groups excluding carboxylic acids is 1. The number of anilines is 3. The second kappa shape index (κ2) is 8.45. The van der Waals surface area contributed by atoms with Gasteiger partial charge in [-0.3, -0.25) is 4.79 Å². The lowest BCUT2D eigenvalue weighted by atomic mass is 10.2. The topological polar surface area (TPSA) is 49.3 Å². The van der Waals surface area contributed by atoms with Crippen molar-refractivity contribution in [3.63, 3.8) is 0 Å². The molecule has 0 fully saturated rings. The van der Waals surface area contributed by atoms with Crippen LogP contribution in [-0.2, 0) is 0 Å². The monoisotopic (exact) mass is 360 g/mol. The molecule has 2 aromatic carbocycles. The summed E-state index contributed by atoms with van der Waals surface area (Å²) < 4.78 is 0. The Hall–Kier alpha value is -3.21. The van der Waals surface area contributed by atoms with Crippen LogP contribution < -0.4 is 9.80 Å². The van der Waals surface area contributed by atoms with Gasteiger partial charge in [-0.1, -0.05) is 30.3 Å². The highest BCUT2D eigenvalue weighted by atomic mass is 16.2. The van der Waals surface area contributed by atoms with Crippen molar-refractivity contribution in [3.8, 4) is 0 Å². The van der Waals surface area contributed by atoms with Gasteiger partial charge in [0.15, 0.2) is 5.82 Å². The van der Waals surface area contributed by atoms with Crippen LogP contribution in [-0.4, -0.2) is 29.0 Å². The Bertz CT molecular complexity index is 894. The van der Waals surface area contributed by atoms with Crippen molar-refractivity contribution in [3.05, 3.63) is 78.2 Å². The van der Waals surface area contributed by atoms with Crippen LogP contribution in [0.15, 0.2) is 67.0 Å². The highest BCUT2D eigenvalue weighted by Crippen LogP contribution is 2.24. The Balaban J connectivity index is 1.84. The molecule has 0 atom stereocenters. The second-order valence-electron chi connectivity index (χ2n) is 6.23. The molecule has 0 N–H and O–H groups in total. The molecule has 0 radical (unpaired) electrons. The minimum absolute atomic E-state index is 0.152. The van der Waals surface area contributed by atoms with Crippen LogP contribution in [0.3, 0.4) is 0 Å². The molecule has 1 heterocycles. The van der Waals surface area contributed by atoms with E-state index in [-0.39, 0.29) is 5.91 Å². The van der Waals surface area contributed by atoms with Gasteiger partial charge in [0.25, 0.3) is 5.91 Å². The highest BCUT2D eigenvalue weighted by molar-refractivity contribution is 6.04. The molecule has 5 heteroatoms. The van der Waals surface area contributed by atoms with Gasteiger partial charge in [0, 0.05) is 24.5 Å². The third-order valence-corrected chi connectivity index (χ3v) is 4.39. The van der Waals surface area contributed by atoms with Gasteiger partial charge >= 0.3 is 0 Å². The third kappa shape index (κ3) is 4.14. The first-order valence-electron chi connectivity index (χ1n) is 9.17. The molecule has 27 heavy (non-hydrogen) atoms. The maximum absolute atomic E-state index is 12.9. The number of hydrogen-bond donors (Lipinski definition) is 0. The number of aromatic nitrogens is 2. The summed E-state index contributed by atoms with van der Waals surface area (Å²) in [7, 11) is 0. The fourth-order valence-corrected chi connectivity index (χ4v) is 3.03. The number of hydrogen-bond acceptors (Lipinski definition) is 4. The van der Waals surface area contributed by atoms with E-state index in [1.165, 1.54) is 5.56 Å². The largest absolute Gasteiger partial charge is 0.325 e. The fourth-order valence-electron chi connectivity index (χ4n) is 3.03. The molecular formula is C22H24N4O. The normalized spacial score (nSPS) is 10.5. The molecule has 0 spiro atoms. The summed E-state index contributed by atoms with van der Waals surface area (Å²) in [6, 6.07) is 17.8. The SMILES string of the molecule is CCN(C(=O)c1cnc(N(CC)c2cccc(C)c2)cn1)c1ccccc1. The van der Waals surface area contributed by atoms with E-state index in [0.29, 0.717) is 12.2 Å². The van der Waals surface area contributed by atoms with Crippen molar-refractivity contribution in [2.75, 3.05) is 22.9 Å². The first kappa shape index (κ1) is 18.6. The van der Waals surface area contributed by atoms with Crippen LogP contribution in [0.5, 0.6) is 0 Å². The standard InChI is InChI=1S/C22H24N4O/c1-4-25(19-13-9-10-17(3)14-19)21-16-23-20(15-24-21)22(27)26(5-2)18-11-7-6-8-12-18/h6-16H,4-5H2,1-3H3. The average Bonchev–Trinajstić information content (AvgIpc) is 2.70. The number of carbonyl (C=O) groups is 1. The lowest BCUT2D eigenvalue weighted by Crippen LogP contribution is -2.31. The predicted molar refractivity (Wildman–Crippen MR) is 110 cm³/mol. The van der Waals surface area contributed by atoms with Crippen LogP contribution in [0.1, 0.15) is 29.9 Å². The van der Waals surface area contributed by atoms with E-state index in [9.17, 15) is 4.79 Å². The summed E-state index contributed by atoms with van der Waals surface area (Å²) in [4.78, 5) is 25.5. The molecule has 3 rings (SSSR count). The molecule has 1 amide bonds. The third-order valence-electron chi connectivity index (χ3n) is 4.39. The van der Waals surface area contributed by atoms with Crippen molar-refractivity contribution < 1.29 is 4.79 Å². The molecule has 0 unspecified atom stereocenters. The van der Waals surface area contributed by atoms with Gasteiger partial charge in [-0.25, -0.2) is 9.97 Å². The number of nitrogens with zero attached hydrogens (tertiary/aromatic N) is 4. The molecule has 0 saturated carbocycles. The number of para-hydroxylation sites is 1. The second-order valence-corrected chi connectivity index (χ2v) is 6.23. The lowest BCUT2D eigenvalue weighted by Gasteiger charge is -2.23. The van der Waals surface area contributed by atoms with Crippen LogP contribution in [0.4, 0.5) is 17.2 Å². The molecule has 138 valence electrons. The zero-order chi connectivity index (χ0) is 19.2. The van der Waals surface area contributed by atoms with Gasteiger partial charge in [0.1, 0.15) is 5.69 Å². The van der Waals surface area contributed by atoms with Crippen LogP contribution in [0.2, 0.25) is 0 Å². The summed E-state index contributed by atoms with van der Waals surface area (Å²) in [6.45, 7) is 7.40. The van der Waals surface area contributed by atoms with Crippen LogP contribution in [0.25, 0.3) is 0 Å². The van der Waals surface area contributed by atoms with Crippen molar-refractivity contribution in [2.24, 2.45) is 0 Å². The first-order chi connectivity index (χ1) is 13.1. The summed E-state index contributed by atoms with van der Waals surface area (Å²) >= 11 is 0. The van der Waals surface area contributed by atoms with Gasteiger partial charge in [-0.05, 0) is 50.6 Å². The zero-order valence-corrected chi connectivity index (χ0v) is 16.0. The van der Waals surface area contributed by atoms with Gasteiger partial charge < -0.3 is 9.80 Å². The van der Waals surface area contributed by atoms with E-state index in [2.05, 4.69) is 40.8 Å². The molecule has 1 aromatic heterocycles. The zero-order valence-electron chi connectivity index (χ0n) is 16.0. The summed E-state index contributed by atoms with van der Waals surface area (Å²) in [6.07, 6.45) is 3.22. The molecule has 0 aliphatic carbocycles. The Morgan fingerprint density at radius 3 is 2.22 bits per heavy atom. The van der Waals surface area contributed by atoms with Crippen molar-refractivity contribution in [2.45, 2.75) is 20.8 Å². The molecule has 0 aliphatic rings. The molecule has 0 aliphatic heterocycles. The summed E-state index contributed by atoms with van der Waals surface area (Å²) in [5.74, 6) is 0.573. The Kier molecular flexibility index (Phi) is 5.81. The average molecular weight is 360 g/mol. The number of aryl methyl sites for hydroxylation is 1. The van der Waals surface area contributed by atoms with Gasteiger partial charge in [-0.2, -0.15) is 0 Å². The van der Waals surface area contributed by atoms with Crippen molar-refractivity contribution in [1.82, 2.24) is 9.97 Å². The maximum atomic E-state index is 12.9. The molecule has 0 bridgehead atoms. The van der Waals surface area contributed by atoms with Crippen molar-refractivity contribution >= 4 is 23.1 Å². The van der Waals surface area contributed by atoms with E-state index in [4.69, 9.17) is 0 Å². The quantitative estimate of drug-likeness (QED) is 0.644. The van der Waals surface area contributed by atoms with Gasteiger partial charge in [-0.15, -0.1) is 0 Å². The Morgan fingerprint density at radius 2 is 1.63 bits per heavy atom. The molecular weight excluding hydrogens is 336 g/mol. The Labute approximate surface area is 160 Å². The maximum Gasteiger partial charge on any atom is 0.278 e. The van der Waals surface area contributed by atoms with Gasteiger partial charge in [0.05, 0.1) is 12.4 Å². The molecule has 3 aromatic rings. The first-order valence-corrected chi connectivity index (χ1v) is 9.17. The number of benzene rings is 2. The van der Waals surface area contributed by atoms with Crippen molar-refractivity contribution in [1.29, 1.82) is 0 Å². The van der Waals surface area contributed by atoms with E-state index in [0.717, 1.165) is 23.7 Å². The summed E-state index contributed by atoms with van der Waals surface area (Å²) in [5.41, 5.74) is 3.44. The fraction of sp³-hybridized carbons (Fsp3) is 0.227. The van der Waals surface area contributed by atoms with E-state index in [1.54, 1.807) is 17.3 Å². The number of rotatable bonds is 6. The smallest absolute Gasteiger partial charge is 0.278 e. The minimum atomic E-state index is -0.152. The number of amides is 1. The molecule has 5 nitrogen and oxygen atoms in total. The molecule has 0 saturated heterocycles. The Morgan fingerprint density at radius 1 is 0.889 bits per heavy atom. The predicted octanol–water partition coefficient (Wildman–Crippen LogP) is 4.61. The minimum Gasteiger partial charge on any atom is -0.325 e. The van der Waals surface area contributed by atoms with E-state index >= 15 is 0 Å². The van der Waals surface area contributed by atoms with Crippen LogP contribution in [0, 0.1) is 6.92 Å².